The Balaban J connectivity index is 2.48. The van der Waals surface area contributed by atoms with Crippen LogP contribution in [0.5, 0.6) is 0 Å². The van der Waals surface area contributed by atoms with Gasteiger partial charge in [-0.15, -0.1) is 0 Å². The minimum Gasteiger partial charge on any atom is -0.388 e. The number of hydrogen-bond donors (Lipinski definition) is 2. The summed E-state index contributed by atoms with van der Waals surface area (Å²) in [6.45, 7) is 5.65. The van der Waals surface area contributed by atoms with E-state index in [9.17, 15) is 9.90 Å². The molecule has 2 atom stereocenters. The van der Waals surface area contributed by atoms with E-state index in [0.717, 1.165) is 11.1 Å². The van der Waals surface area contributed by atoms with Crippen molar-refractivity contribution in [2.75, 3.05) is 0 Å². The van der Waals surface area contributed by atoms with Crippen molar-refractivity contribution in [3.63, 3.8) is 0 Å². The highest BCUT2D eigenvalue weighted by Crippen LogP contribution is 2.17. The lowest BCUT2D eigenvalue weighted by atomic mass is 10.0. The smallest absolute Gasteiger partial charge is 0.244 e. The molecule has 0 spiro atoms. The highest BCUT2D eigenvalue weighted by Gasteiger charge is 2.13. The van der Waals surface area contributed by atoms with Gasteiger partial charge in [-0.2, -0.15) is 0 Å². The Kier molecular flexibility index (Phi) is 5.59. The molecule has 0 fully saturated rings. The van der Waals surface area contributed by atoms with Gasteiger partial charge in [-0.05, 0) is 32.8 Å². The van der Waals surface area contributed by atoms with Crippen LogP contribution in [0, 0.1) is 0 Å². The van der Waals surface area contributed by atoms with Crippen LogP contribution < -0.4 is 5.32 Å². The fourth-order valence-corrected chi connectivity index (χ4v) is 1.75. The van der Waals surface area contributed by atoms with Crippen LogP contribution in [0.2, 0.25) is 0 Å². The van der Waals surface area contributed by atoms with Gasteiger partial charge in [0.1, 0.15) is 0 Å². The topological polar surface area (TPSA) is 49.3 Å². The van der Waals surface area contributed by atoms with E-state index in [0.29, 0.717) is 6.42 Å². The number of carbonyl (C=O) groups is 1. The summed E-state index contributed by atoms with van der Waals surface area (Å²) in [6.07, 6.45) is 1.52. The molecule has 18 heavy (non-hydrogen) atoms. The quantitative estimate of drug-likeness (QED) is 0.786. The number of aliphatic hydroxyl groups is 1. The molecular weight excluding hydrogens is 226 g/mol. The summed E-state index contributed by atoms with van der Waals surface area (Å²) in [7, 11) is 0. The van der Waals surface area contributed by atoms with Crippen LogP contribution in [-0.2, 0) is 4.79 Å². The van der Waals surface area contributed by atoms with Crippen molar-refractivity contribution >= 4 is 5.91 Å². The second-order valence-corrected chi connectivity index (χ2v) is 4.79. The summed E-state index contributed by atoms with van der Waals surface area (Å²) in [4.78, 5) is 11.5. The first kappa shape index (κ1) is 14.5. The van der Waals surface area contributed by atoms with E-state index in [4.69, 9.17) is 0 Å². The first-order valence-corrected chi connectivity index (χ1v) is 6.17. The summed E-state index contributed by atoms with van der Waals surface area (Å²) in [5, 5.41) is 12.9. The minimum atomic E-state index is -0.548. The summed E-state index contributed by atoms with van der Waals surface area (Å²) in [5.74, 6) is -0.109. The number of carbonyl (C=O) groups excluding carboxylic acids is 1. The second-order valence-electron chi connectivity index (χ2n) is 4.79. The lowest BCUT2D eigenvalue weighted by Gasteiger charge is -2.17. The maximum atomic E-state index is 11.5. The van der Waals surface area contributed by atoms with Crippen molar-refractivity contribution in [3.8, 4) is 0 Å². The molecule has 1 aromatic rings. The summed E-state index contributed by atoms with van der Waals surface area (Å²) in [6, 6.07) is 9.40. The normalized spacial score (nSPS) is 13.6. The van der Waals surface area contributed by atoms with Crippen molar-refractivity contribution in [2.45, 2.75) is 39.3 Å². The van der Waals surface area contributed by atoms with E-state index in [2.05, 4.69) is 5.32 Å². The molecular formula is C15H21NO2. The molecule has 2 N–H and O–H groups in total. The van der Waals surface area contributed by atoms with Crippen LogP contribution in [0.4, 0.5) is 0 Å². The monoisotopic (exact) mass is 247 g/mol. The van der Waals surface area contributed by atoms with E-state index in [-0.39, 0.29) is 11.9 Å². The first-order chi connectivity index (χ1) is 8.49. The summed E-state index contributed by atoms with van der Waals surface area (Å²) >= 11 is 0. The average molecular weight is 247 g/mol. The highest BCUT2D eigenvalue weighted by molar-refractivity contribution is 5.88. The van der Waals surface area contributed by atoms with Crippen LogP contribution in [0.1, 0.15) is 38.9 Å². The molecule has 1 aromatic carbocycles. The van der Waals surface area contributed by atoms with E-state index < -0.39 is 6.10 Å². The molecule has 0 bridgehead atoms. The van der Waals surface area contributed by atoms with Crippen LogP contribution in [0.25, 0.3) is 0 Å². The summed E-state index contributed by atoms with van der Waals surface area (Å²) in [5.41, 5.74) is 1.84. The molecule has 0 saturated carbocycles. The lowest BCUT2D eigenvalue weighted by molar-refractivity contribution is -0.117. The van der Waals surface area contributed by atoms with Gasteiger partial charge in [-0.3, -0.25) is 4.79 Å². The van der Waals surface area contributed by atoms with E-state index in [1.54, 1.807) is 6.08 Å². The molecule has 0 aliphatic rings. The molecule has 3 nitrogen and oxygen atoms in total. The Morgan fingerprint density at radius 1 is 1.33 bits per heavy atom. The molecule has 3 heteroatoms. The fraction of sp³-hybridized carbons (Fsp3) is 0.400. The Labute approximate surface area is 109 Å². The Morgan fingerprint density at radius 2 is 1.94 bits per heavy atom. The molecule has 0 heterocycles. The zero-order valence-corrected chi connectivity index (χ0v) is 11.2. The molecule has 0 radical (unpaired) electrons. The lowest BCUT2D eigenvalue weighted by Crippen LogP contribution is -2.32. The Hall–Kier alpha value is -1.61. The standard InChI is InChI=1S/C15H21NO2/c1-11(2)9-15(18)16-12(3)10-14(17)13-7-5-4-6-8-13/h4-9,12,14,17H,10H2,1-3H3,(H,16,18). The zero-order chi connectivity index (χ0) is 13.5. The highest BCUT2D eigenvalue weighted by atomic mass is 16.3. The van der Waals surface area contributed by atoms with Crippen molar-refractivity contribution in [1.29, 1.82) is 0 Å². The first-order valence-electron chi connectivity index (χ1n) is 6.17. The molecule has 98 valence electrons. The number of nitrogens with one attached hydrogen (secondary N) is 1. The van der Waals surface area contributed by atoms with Crippen LogP contribution in [0.15, 0.2) is 42.0 Å². The van der Waals surface area contributed by atoms with Crippen molar-refractivity contribution < 1.29 is 9.90 Å². The van der Waals surface area contributed by atoms with Gasteiger partial charge in [-0.1, -0.05) is 35.9 Å². The van der Waals surface area contributed by atoms with E-state index in [1.165, 1.54) is 0 Å². The summed E-state index contributed by atoms with van der Waals surface area (Å²) < 4.78 is 0. The third kappa shape index (κ3) is 5.15. The third-order valence-corrected chi connectivity index (χ3v) is 2.57. The van der Waals surface area contributed by atoms with Crippen LogP contribution in [-0.4, -0.2) is 17.1 Å². The number of amides is 1. The van der Waals surface area contributed by atoms with E-state index >= 15 is 0 Å². The van der Waals surface area contributed by atoms with Gasteiger partial charge in [0.2, 0.25) is 5.91 Å². The molecule has 0 aliphatic heterocycles. The van der Waals surface area contributed by atoms with Crippen molar-refractivity contribution in [1.82, 2.24) is 5.32 Å². The molecule has 1 amide bonds. The van der Waals surface area contributed by atoms with Crippen LogP contribution >= 0.6 is 0 Å². The molecule has 0 aliphatic carbocycles. The predicted molar refractivity (Wildman–Crippen MR) is 73.1 cm³/mol. The van der Waals surface area contributed by atoms with Gasteiger partial charge < -0.3 is 10.4 Å². The largest absolute Gasteiger partial charge is 0.388 e. The Bertz CT molecular complexity index is 408. The predicted octanol–water partition coefficient (Wildman–Crippen LogP) is 2.58. The zero-order valence-electron chi connectivity index (χ0n) is 11.2. The van der Waals surface area contributed by atoms with Gasteiger partial charge in [0.05, 0.1) is 6.10 Å². The second kappa shape index (κ2) is 6.97. The van der Waals surface area contributed by atoms with Crippen LogP contribution in [0.3, 0.4) is 0 Å². The SMILES string of the molecule is CC(C)=CC(=O)NC(C)CC(O)c1ccccc1. The van der Waals surface area contributed by atoms with Gasteiger partial charge in [0, 0.05) is 12.1 Å². The van der Waals surface area contributed by atoms with Gasteiger partial charge in [0.15, 0.2) is 0 Å². The third-order valence-electron chi connectivity index (χ3n) is 2.57. The van der Waals surface area contributed by atoms with Gasteiger partial charge in [-0.25, -0.2) is 0 Å². The van der Waals surface area contributed by atoms with Gasteiger partial charge >= 0.3 is 0 Å². The maximum Gasteiger partial charge on any atom is 0.244 e. The number of hydrogen-bond acceptors (Lipinski definition) is 2. The molecule has 0 saturated heterocycles. The Morgan fingerprint density at radius 3 is 2.50 bits per heavy atom. The van der Waals surface area contributed by atoms with Crippen molar-refractivity contribution in [3.05, 3.63) is 47.5 Å². The van der Waals surface area contributed by atoms with Gasteiger partial charge in [0.25, 0.3) is 0 Å². The molecule has 2 unspecified atom stereocenters. The number of aliphatic hydroxyl groups excluding tert-OH is 1. The minimum absolute atomic E-state index is 0.0664. The average Bonchev–Trinajstić information content (AvgIpc) is 2.28. The van der Waals surface area contributed by atoms with Crippen molar-refractivity contribution in [2.24, 2.45) is 0 Å². The van der Waals surface area contributed by atoms with E-state index in [1.807, 2.05) is 51.1 Å². The molecule has 1 rings (SSSR count). The fourth-order valence-electron chi connectivity index (χ4n) is 1.75. The molecule has 0 aromatic heterocycles. The number of rotatable bonds is 5. The number of benzene rings is 1. The number of allylic oxidation sites excluding steroid dienone is 1. The maximum absolute atomic E-state index is 11.5.